The van der Waals surface area contributed by atoms with Crippen LogP contribution in [0.25, 0.3) is 10.6 Å². The van der Waals surface area contributed by atoms with Gasteiger partial charge in [0.05, 0.1) is 5.60 Å². The van der Waals surface area contributed by atoms with Gasteiger partial charge in [-0.15, -0.1) is 24.5 Å². The molecule has 0 radical (unpaired) electrons. The van der Waals surface area contributed by atoms with Gasteiger partial charge in [0.25, 0.3) is 0 Å². The number of thiazole rings is 1. The average molecular weight is 412 g/mol. The molecule has 1 aliphatic carbocycles. The Bertz CT molecular complexity index is 873. The minimum absolute atomic E-state index is 0.203. The van der Waals surface area contributed by atoms with Crippen LogP contribution in [0.3, 0.4) is 0 Å². The Balaban J connectivity index is 2.30. The van der Waals surface area contributed by atoms with Gasteiger partial charge in [-0.25, -0.2) is 4.98 Å². The van der Waals surface area contributed by atoms with Crippen LogP contribution in [0.4, 0.5) is 18.9 Å². The number of aliphatic imine (C=N–C) groups is 1. The maximum Gasteiger partial charge on any atom is 0.573 e. The normalized spacial score (nSPS) is 16.3. The summed E-state index contributed by atoms with van der Waals surface area (Å²) in [5, 5.41) is 2.57. The van der Waals surface area contributed by atoms with E-state index in [1.54, 1.807) is 19.2 Å². The van der Waals surface area contributed by atoms with E-state index in [9.17, 15) is 13.2 Å². The highest BCUT2D eigenvalue weighted by molar-refractivity contribution is 7.13. The van der Waals surface area contributed by atoms with Gasteiger partial charge in [-0.1, -0.05) is 13.3 Å². The van der Waals surface area contributed by atoms with Gasteiger partial charge >= 0.3 is 6.36 Å². The van der Waals surface area contributed by atoms with Crippen LogP contribution in [0.1, 0.15) is 50.7 Å². The molecule has 2 aromatic rings. The molecule has 1 aromatic carbocycles. The lowest BCUT2D eigenvalue weighted by molar-refractivity contribution is -0.275. The Morgan fingerprint density at radius 3 is 2.57 bits per heavy atom. The Kier molecular flexibility index (Phi) is 5.82. The molecule has 28 heavy (non-hydrogen) atoms. The zero-order valence-electron chi connectivity index (χ0n) is 16.3. The third-order valence-corrected chi connectivity index (χ3v) is 5.69. The van der Waals surface area contributed by atoms with Gasteiger partial charge in [0, 0.05) is 35.5 Å². The second kappa shape index (κ2) is 7.83. The molecule has 0 saturated heterocycles. The molecule has 1 saturated carbocycles. The Morgan fingerprint density at radius 1 is 1.36 bits per heavy atom. The van der Waals surface area contributed by atoms with Crippen LogP contribution in [0.5, 0.6) is 5.75 Å². The van der Waals surface area contributed by atoms with Crippen molar-refractivity contribution in [2.24, 2.45) is 4.99 Å². The van der Waals surface area contributed by atoms with Crippen LogP contribution in [0.2, 0.25) is 0 Å². The van der Waals surface area contributed by atoms with Crippen molar-refractivity contribution >= 4 is 22.7 Å². The lowest BCUT2D eigenvalue weighted by Crippen LogP contribution is -2.21. The van der Waals surface area contributed by atoms with Crippen molar-refractivity contribution in [3.05, 3.63) is 28.8 Å². The molecule has 1 fully saturated rings. The van der Waals surface area contributed by atoms with Gasteiger partial charge in [0.2, 0.25) is 0 Å². The monoisotopic (exact) mass is 412 g/mol. The van der Waals surface area contributed by atoms with E-state index in [2.05, 4.69) is 14.7 Å². The number of methoxy groups -OCH3 is 1. The van der Waals surface area contributed by atoms with E-state index in [1.165, 1.54) is 18.4 Å². The maximum atomic E-state index is 13.3. The largest absolute Gasteiger partial charge is 0.573 e. The second-order valence-electron chi connectivity index (χ2n) is 6.95. The molecular weight excluding hydrogens is 389 g/mol. The van der Waals surface area contributed by atoms with E-state index in [0.29, 0.717) is 30.4 Å². The molecule has 1 aliphatic rings. The summed E-state index contributed by atoms with van der Waals surface area (Å²) >= 11 is 1.43. The molecule has 0 aliphatic heterocycles. The van der Waals surface area contributed by atoms with E-state index in [4.69, 9.17) is 4.74 Å². The van der Waals surface area contributed by atoms with E-state index in [-0.39, 0.29) is 11.4 Å². The molecule has 1 heterocycles. The van der Waals surface area contributed by atoms with Crippen molar-refractivity contribution in [3.63, 3.8) is 0 Å². The Hall–Kier alpha value is -1.93. The van der Waals surface area contributed by atoms with Crippen molar-refractivity contribution in [1.82, 2.24) is 4.98 Å². The van der Waals surface area contributed by atoms with Crippen LogP contribution >= 0.6 is 11.3 Å². The summed E-state index contributed by atoms with van der Waals surface area (Å²) in [6.07, 6.45) is -0.337. The summed E-state index contributed by atoms with van der Waals surface area (Å²) < 4.78 is 50.0. The fourth-order valence-corrected chi connectivity index (χ4v) is 4.03. The van der Waals surface area contributed by atoms with Gasteiger partial charge in [-0.3, -0.25) is 4.99 Å². The first-order chi connectivity index (χ1) is 13.2. The molecule has 0 atom stereocenters. The van der Waals surface area contributed by atoms with Crippen LogP contribution < -0.4 is 4.74 Å². The van der Waals surface area contributed by atoms with Gasteiger partial charge in [0.15, 0.2) is 5.75 Å². The van der Waals surface area contributed by atoms with Crippen molar-refractivity contribution in [2.75, 3.05) is 7.11 Å². The second-order valence-corrected chi connectivity index (χ2v) is 7.85. The van der Waals surface area contributed by atoms with Crippen molar-refractivity contribution < 1.29 is 22.6 Å². The summed E-state index contributed by atoms with van der Waals surface area (Å²) in [6, 6.07) is 1.72. The molecule has 0 amide bonds. The third-order valence-electron chi connectivity index (χ3n) is 4.89. The minimum atomic E-state index is -4.82. The maximum absolute atomic E-state index is 13.3. The van der Waals surface area contributed by atoms with Crippen LogP contribution in [-0.2, 0) is 10.3 Å². The summed E-state index contributed by atoms with van der Waals surface area (Å²) in [5.74, 6) is -0.264. The van der Waals surface area contributed by atoms with Crippen LogP contribution in [-0.4, -0.2) is 24.2 Å². The lowest BCUT2D eigenvalue weighted by atomic mass is 9.96. The number of hydrogen-bond acceptors (Lipinski definition) is 5. The molecule has 0 bridgehead atoms. The molecule has 4 nitrogen and oxygen atoms in total. The number of aromatic nitrogens is 1. The fourth-order valence-electron chi connectivity index (χ4n) is 3.32. The van der Waals surface area contributed by atoms with Crippen molar-refractivity contribution in [2.45, 2.75) is 58.4 Å². The third kappa shape index (κ3) is 4.22. The number of hydrogen-bond donors (Lipinski definition) is 0. The minimum Gasteiger partial charge on any atom is -0.403 e. The molecule has 0 unspecified atom stereocenters. The zero-order valence-corrected chi connectivity index (χ0v) is 17.1. The first kappa shape index (κ1) is 20.8. The highest BCUT2D eigenvalue weighted by Crippen LogP contribution is 2.56. The first-order valence-electron chi connectivity index (χ1n) is 9.13. The molecular formula is C20H23F3N2O2S. The van der Waals surface area contributed by atoms with Gasteiger partial charge in [0.1, 0.15) is 10.7 Å². The first-order valence-corrected chi connectivity index (χ1v) is 10.0. The molecule has 1 aromatic heterocycles. The van der Waals surface area contributed by atoms with Crippen LogP contribution in [0.15, 0.2) is 22.6 Å². The number of nitrogens with zero attached hydrogens (tertiary/aromatic N) is 2. The number of rotatable bonds is 7. The zero-order chi connectivity index (χ0) is 20.5. The predicted molar refractivity (Wildman–Crippen MR) is 105 cm³/mol. The summed E-state index contributed by atoms with van der Waals surface area (Å²) in [6.45, 7) is 5.58. The highest BCUT2D eigenvalue weighted by atomic mass is 32.1. The summed E-state index contributed by atoms with van der Waals surface area (Å²) in [4.78, 5) is 8.90. The molecule has 8 heteroatoms. The van der Waals surface area contributed by atoms with E-state index >= 15 is 0 Å². The van der Waals surface area contributed by atoms with Gasteiger partial charge < -0.3 is 9.47 Å². The van der Waals surface area contributed by atoms with Gasteiger partial charge in [-0.2, -0.15) is 0 Å². The lowest BCUT2D eigenvalue weighted by Gasteiger charge is -2.24. The van der Waals surface area contributed by atoms with Crippen molar-refractivity contribution in [1.29, 1.82) is 0 Å². The van der Waals surface area contributed by atoms with E-state index < -0.39 is 12.0 Å². The van der Waals surface area contributed by atoms with E-state index in [0.717, 1.165) is 22.7 Å². The predicted octanol–water partition coefficient (Wildman–Crippen LogP) is 6.55. The number of benzene rings is 1. The molecule has 0 spiro atoms. The topological polar surface area (TPSA) is 43.7 Å². The smallest absolute Gasteiger partial charge is 0.403 e. The number of alkyl halides is 3. The highest BCUT2D eigenvalue weighted by Gasteiger charge is 2.49. The SMILES string of the molecule is CCC/C(C)=N\c1c(C)c(-c2nccs2)cc(C2(OC)CC2)c1OC(F)(F)F. The standard InChI is InChI=1S/C20H23F3N2O2S/c1-5-6-12(2)25-16-13(3)14(18-24-9-10-28-18)11-15(19(26-4)7-8-19)17(16)27-20(21,22)23/h9-11H,5-8H2,1-4H3/b25-12-. The van der Waals surface area contributed by atoms with Crippen LogP contribution in [0, 0.1) is 6.92 Å². The van der Waals surface area contributed by atoms with Gasteiger partial charge in [-0.05, 0) is 44.7 Å². The number of halogens is 3. The summed E-state index contributed by atoms with van der Waals surface area (Å²) in [7, 11) is 1.51. The molecule has 3 rings (SSSR count). The number of ether oxygens (including phenoxy) is 2. The van der Waals surface area contributed by atoms with E-state index in [1.807, 2.05) is 19.2 Å². The fraction of sp³-hybridized carbons (Fsp3) is 0.500. The molecule has 152 valence electrons. The summed E-state index contributed by atoms with van der Waals surface area (Å²) in [5.41, 5.74) is 1.93. The quantitative estimate of drug-likeness (QED) is 0.485. The average Bonchev–Trinajstić information content (AvgIpc) is 3.22. The molecule has 0 N–H and O–H groups in total. The Morgan fingerprint density at radius 2 is 2.07 bits per heavy atom. The Labute approximate surface area is 166 Å². The van der Waals surface area contributed by atoms with Crippen molar-refractivity contribution in [3.8, 4) is 16.3 Å².